The number of carbonyl (C=O) groups is 3. The molecule has 2 rings (SSSR count). The van der Waals surface area contributed by atoms with E-state index in [4.69, 9.17) is 4.74 Å². The molecule has 0 aliphatic heterocycles. The number of benzene rings is 2. The lowest BCUT2D eigenvalue weighted by Crippen LogP contribution is -2.31. The van der Waals surface area contributed by atoms with Gasteiger partial charge in [-0.1, -0.05) is 43.3 Å². The molecule has 0 spiro atoms. The van der Waals surface area contributed by atoms with Crippen molar-refractivity contribution in [2.75, 3.05) is 11.9 Å². The van der Waals surface area contributed by atoms with Gasteiger partial charge >= 0.3 is 5.97 Å². The summed E-state index contributed by atoms with van der Waals surface area (Å²) >= 11 is 0. The lowest BCUT2D eigenvalue weighted by Gasteiger charge is -2.12. The van der Waals surface area contributed by atoms with Gasteiger partial charge in [-0.05, 0) is 49.9 Å². The molecule has 1 unspecified atom stereocenters. The van der Waals surface area contributed by atoms with Crippen LogP contribution in [0.1, 0.15) is 55.5 Å². The summed E-state index contributed by atoms with van der Waals surface area (Å²) in [5, 5.41) is 5.61. The van der Waals surface area contributed by atoms with Gasteiger partial charge < -0.3 is 15.4 Å². The van der Waals surface area contributed by atoms with Gasteiger partial charge in [0.2, 0.25) is 5.91 Å². The Hall–Kier alpha value is -3.15. The van der Waals surface area contributed by atoms with Crippen molar-refractivity contribution in [1.82, 2.24) is 5.32 Å². The number of hydrogen-bond acceptors (Lipinski definition) is 4. The smallest absolute Gasteiger partial charge is 0.306 e. The fraction of sp³-hybridized carbons (Fsp3) is 0.375. The molecule has 2 aromatic rings. The summed E-state index contributed by atoms with van der Waals surface area (Å²) < 4.78 is 5.19. The highest BCUT2D eigenvalue weighted by atomic mass is 16.5. The molecule has 30 heavy (non-hydrogen) atoms. The van der Waals surface area contributed by atoms with Gasteiger partial charge in [-0.25, -0.2) is 0 Å². The highest BCUT2D eigenvalue weighted by Gasteiger charge is 2.11. The fourth-order valence-electron chi connectivity index (χ4n) is 2.77. The molecule has 160 valence electrons. The number of carbonyl (C=O) groups excluding carboxylic acids is 3. The van der Waals surface area contributed by atoms with Crippen LogP contribution >= 0.6 is 0 Å². The number of anilines is 1. The van der Waals surface area contributed by atoms with Crippen molar-refractivity contribution in [3.05, 3.63) is 65.7 Å². The Bertz CT molecular complexity index is 836. The lowest BCUT2D eigenvalue weighted by molar-refractivity contribution is -0.144. The van der Waals surface area contributed by atoms with E-state index in [0.29, 0.717) is 17.9 Å². The Labute approximate surface area is 178 Å². The van der Waals surface area contributed by atoms with Gasteiger partial charge in [0.15, 0.2) is 0 Å². The Kier molecular flexibility index (Phi) is 9.58. The van der Waals surface area contributed by atoms with Crippen molar-refractivity contribution in [2.24, 2.45) is 0 Å². The van der Waals surface area contributed by atoms with E-state index in [2.05, 4.69) is 10.6 Å². The molecule has 0 saturated carbocycles. The van der Waals surface area contributed by atoms with Crippen molar-refractivity contribution in [2.45, 2.75) is 52.0 Å². The number of esters is 1. The number of amides is 2. The Morgan fingerprint density at radius 2 is 1.77 bits per heavy atom. The monoisotopic (exact) mass is 410 g/mol. The summed E-state index contributed by atoms with van der Waals surface area (Å²) in [6.07, 6.45) is 2.47. The van der Waals surface area contributed by atoms with E-state index in [9.17, 15) is 14.4 Å². The minimum Gasteiger partial charge on any atom is -0.466 e. The van der Waals surface area contributed by atoms with Crippen LogP contribution < -0.4 is 10.6 Å². The van der Waals surface area contributed by atoms with E-state index in [-0.39, 0.29) is 36.7 Å². The normalized spacial score (nSPS) is 11.4. The topological polar surface area (TPSA) is 84.5 Å². The first-order valence-corrected chi connectivity index (χ1v) is 10.4. The first kappa shape index (κ1) is 23.1. The summed E-state index contributed by atoms with van der Waals surface area (Å²) in [6.45, 7) is 4.27. The molecule has 1 atom stereocenters. The van der Waals surface area contributed by atoms with Crippen LogP contribution in [0.3, 0.4) is 0 Å². The summed E-state index contributed by atoms with van der Waals surface area (Å²) in [5.74, 6) is -0.866. The van der Waals surface area contributed by atoms with E-state index in [1.807, 2.05) is 44.2 Å². The highest BCUT2D eigenvalue weighted by molar-refractivity contribution is 5.97. The van der Waals surface area contributed by atoms with Crippen molar-refractivity contribution in [1.29, 1.82) is 0 Å². The van der Waals surface area contributed by atoms with Gasteiger partial charge in [0.25, 0.3) is 5.91 Å². The Morgan fingerprint density at radius 1 is 1.00 bits per heavy atom. The van der Waals surface area contributed by atoms with Crippen LogP contribution in [0.15, 0.2) is 54.6 Å². The first-order valence-electron chi connectivity index (χ1n) is 10.4. The zero-order valence-corrected chi connectivity index (χ0v) is 17.6. The molecule has 0 fully saturated rings. The maximum absolute atomic E-state index is 12.2. The van der Waals surface area contributed by atoms with Gasteiger partial charge in [0.05, 0.1) is 13.0 Å². The molecule has 0 saturated heterocycles. The molecule has 0 radical (unpaired) electrons. The van der Waals surface area contributed by atoms with E-state index in [1.165, 1.54) is 5.56 Å². The standard InChI is InChI=1S/C24H30N2O4/c1-3-18(2)25-24(29)20-12-7-13-21(17-20)26-22(27)14-15-23(28)30-16-8-11-19-9-5-4-6-10-19/h4-7,9-10,12-13,17-18H,3,8,11,14-16H2,1-2H3,(H,25,29)(H,26,27). The lowest BCUT2D eigenvalue weighted by atomic mass is 10.1. The predicted octanol–water partition coefficient (Wildman–Crippen LogP) is 4.11. The molecule has 2 aromatic carbocycles. The van der Waals surface area contributed by atoms with E-state index in [1.54, 1.807) is 24.3 Å². The van der Waals surface area contributed by atoms with Crippen LogP contribution in [-0.2, 0) is 20.7 Å². The van der Waals surface area contributed by atoms with Crippen molar-refractivity contribution >= 4 is 23.5 Å². The van der Waals surface area contributed by atoms with Crippen molar-refractivity contribution < 1.29 is 19.1 Å². The third-order valence-corrected chi connectivity index (χ3v) is 4.67. The first-order chi connectivity index (χ1) is 14.5. The van der Waals surface area contributed by atoms with E-state index < -0.39 is 0 Å². The zero-order chi connectivity index (χ0) is 21.8. The van der Waals surface area contributed by atoms with E-state index in [0.717, 1.165) is 19.3 Å². The summed E-state index contributed by atoms with van der Waals surface area (Å²) in [6, 6.07) is 16.8. The van der Waals surface area contributed by atoms with E-state index >= 15 is 0 Å². The van der Waals surface area contributed by atoms with Crippen LogP contribution in [0.4, 0.5) is 5.69 Å². The second-order valence-corrected chi connectivity index (χ2v) is 7.22. The third kappa shape index (κ3) is 8.47. The van der Waals surface area contributed by atoms with Crippen LogP contribution in [0.2, 0.25) is 0 Å². The predicted molar refractivity (Wildman–Crippen MR) is 117 cm³/mol. The second-order valence-electron chi connectivity index (χ2n) is 7.22. The molecule has 2 amide bonds. The molecular weight excluding hydrogens is 380 g/mol. The number of rotatable bonds is 11. The maximum Gasteiger partial charge on any atom is 0.306 e. The third-order valence-electron chi connectivity index (χ3n) is 4.67. The van der Waals surface area contributed by atoms with Crippen molar-refractivity contribution in [3.63, 3.8) is 0 Å². The molecule has 0 aliphatic carbocycles. The van der Waals surface area contributed by atoms with Gasteiger partial charge in [0.1, 0.15) is 0 Å². The quantitative estimate of drug-likeness (QED) is 0.431. The average molecular weight is 411 g/mol. The van der Waals surface area contributed by atoms with Crippen LogP contribution in [0.5, 0.6) is 0 Å². The minimum absolute atomic E-state index is 0.0192. The minimum atomic E-state index is -0.389. The SMILES string of the molecule is CCC(C)NC(=O)c1cccc(NC(=O)CCC(=O)OCCCc2ccccc2)c1. The average Bonchev–Trinajstić information content (AvgIpc) is 2.76. The molecular formula is C24H30N2O4. The second kappa shape index (κ2) is 12.4. The van der Waals surface area contributed by atoms with Crippen LogP contribution in [-0.4, -0.2) is 30.4 Å². The Balaban J connectivity index is 1.69. The molecule has 0 aromatic heterocycles. The zero-order valence-electron chi connectivity index (χ0n) is 17.6. The fourth-order valence-corrected chi connectivity index (χ4v) is 2.77. The van der Waals surface area contributed by atoms with Crippen LogP contribution in [0, 0.1) is 0 Å². The molecule has 6 heteroatoms. The highest BCUT2D eigenvalue weighted by Crippen LogP contribution is 2.12. The molecule has 0 heterocycles. The van der Waals surface area contributed by atoms with Gasteiger partial charge in [0, 0.05) is 23.7 Å². The molecule has 6 nitrogen and oxygen atoms in total. The summed E-state index contributed by atoms with van der Waals surface area (Å²) in [4.78, 5) is 36.1. The number of nitrogens with one attached hydrogen (secondary N) is 2. The van der Waals surface area contributed by atoms with Gasteiger partial charge in [-0.3, -0.25) is 14.4 Å². The van der Waals surface area contributed by atoms with Crippen LogP contribution in [0.25, 0.3) is 0 Å². The number of hydrogen-bond donors (Lipinski definition) is 2. The van der Waals surface area contributed by atoms with Gasteiger partial charge in [-0.15, -0.1) is 0 Å². The molecule has 0 bridgehead atoms. The molecule has 0 aliphatic rings. The van der Waals surface area contributed by atoms with Crippen molar-refractivity contribution in [3.8, 4) is 0 Å². The summed E-state index contributed by atoms with van der Waals surface area (Å²) in [7, 11) is 0. The Morgan fingerprint density at radius 3 is 2.50 bits per heavy atom. The summed E-state index contributed by atoms with van der Waals surface area (Å²) in [5.41, 5.74) is 2.20. The number of ether oxygens (including phenoxy) is 1. The maximum atomic E-state index is 12.2. The molecule has 2 N–H and O–H groups in total. The number of aryl methyl sites for hydroxylation is 1. The largest absolute Gasteiger partial charge is 0.466 e. The van der Waals surface area contributed by atoms with Gasteiger partial charge in [-0.2, -0.15) is 0 Å².